The van der Waals surface area contributed by atoms with E-state index in [0.717, 1.165) is 23.3 Å². The third-order valence-corrected chi connectivity index (χ3v) is 2.27. The van der Waals surface area contributed by atoms with Gasteiger partial charge in [0.15, 0.2) is 0 Å². The first-order valence-corrected chi connectivity index (χ1v) is 5.20. The Bertz CT molecular complexity index is 429. The molecule has 0 aliphatic carbocycles. The molecule has 0 aliphatic rings. The summed E-state index contributed by atoms with van der Waals surface area (Å²) >= 11 is 0. The second-order valence-electron chi connectivity index (χ2n) is 3.66. The van der Waals surface area contributed by atoms with Crippen molar-refractivity contribution in [2.24, 2.45) is 0 Å². The standard InChI is InChI=1S/C13H14N2O/c1-10-7-12(9-15)8-11(2)13(10)16-6-4-3-5-14/h7-8H,3-4,6H2,1-2H3. The monoisotopic (exact) mass is 214 g/mol. The van der Waals surface area contributed by atoms with Crippen LogP contribution in [0.1, 0.15) is 29.5 Å². The van der Waals surface area contributed by atoms with Gasteiger partial charge in [-0.25, -0.2) is 0 Å². The minimum Gasteiger partial charge on any atom is -0.493 e. The van der Waals surface area contributed by atoms with Crippen molar-refractivity contribution in [2.45, 2.75) is 26.7 Å². The fraction of sp³-hybridized carbons (Fsp3) is 0.385. The molecule has 1 rings (SSSR count). The maximum atomic E-state index is 8.80. The second-order valence-corrected chi connectivity index (χ2v) is 3.66. The number of benzene rings is 1. The van der Waals surface area contributed by atoms with E-state index in [1.165, 1.54) is 0 Å². The number of rotatable bonds is 4. The number of ether oxygens (including phenoxy) is 1. The van der Waals surface area contributed by atoms with Gasteiger partial charge in [0.1, 0.15) is 5.75 Å². The SMILES string of the molecule is Cc1cc(C#N)cc(C)c1OCCCC#N. The summed E-state index contributed by atoms with van der Waals surface area (Å²) in [6.07, 6.45) is 1.24. The van der Waals surface area contributed by atoms with Gasteiger partial charge in [0.05, 0.1) is 24.3 Å². The van der Waals surface area contributed by atoms with Crippen LogP contribution in [-0.4, -0.2) is 6.61 Å². The summed E-state index contributed by atoms with van der Waals surface area (Å²) in [7, 11) is 0. The largest absolute Gasteiger partial charge is 0.493 e. The lowest BCUT2D eigenvalue weighted by Gasteiger charge is -2.11. The summed E-state index contributed by atoms with van der Waals surface area (Å²) in [6.45, 7) is 4.39. The molecule has 3 heteroatoms. The van der Waals surface area contributed by atoms with Crippen molar-refractivity contribution in [1.29, 1.82) is 10.5 Å². The lowest BCUT2D eigenvalue weighted by molar-refractivity contribution is 0.308. The predicted octanol–water partition coefficient (Wildman–Crippen LogP) is 2.86. The molecule has 0 aromatic heterocycles. The van der Waals surface area contributed by atoms with E-state index in [1.807, 2.05) is 26.0 Å². The Morgan fingerprint density at radius 3 is 2.31 bits per heavy atom. The van der Waals surface area contributed by atoms with Crippen LogP contribution < -0.4 is 4.74 Å². The maximum Gasteiger partial charge on any atom is 0.125 e. The number of aryl methyl sites for hydroxylation is 2. The van der Waals surface area contributed by atoms with Crippen molar-refractivity contribution >= 4 is 0 Å². The van der Waals surface area contributed by atoms with Crippen LogP contribution in [0.5, 0.6) is 5.75 Å². The Morgan fingerprint density at radius 2 is 1.81 bits per heavy atom. The van der Waals surface area contributed by atoms with Gasteiger partial charge in [-0.1, -0.05) is 0 Å². The highest BCUT2D eigenvalue weighted by atomic mass is 16.5. The second kappa shape index (κ2) is 5.78. The number of nitriles is 2. The molecule has 3 nitrogen and oxygen atoms in total. The van der Waals surface area contributed by atoms with Gasteiger partial charge < -0.3 is 4.74 Å². The summed E-state index contributed by atoms with van der Waals surface area (Å²) in [5.74, 6) is 0.830. The van der Waals surface area contributed by atoms with Crippen LogP contribution in [0.2, 0.25) is 0 Å². The molecular weight excluding hydrogens is 200 g/mol. The van der Waals surface area contributed by atoms with Gasteiger partial charge in [-0.05, 0) is 43.5 Å². The van der Waals surface area contributed by atoms with Crippen LogP contribution in [0.25, 0.3) is 0 Å². The first-order valence-electron chi connectivity index (χ1n) is 5.20. The van der Waals surface area contributed by atoms with E-state index in [2.05, 4.69) is 12.1 Å². The van der Waals surface area contributed by atoms with E-state index in [9.17, 15) is 0 Å². The third-order valence-electron chi connectivity index (χ3n) is 2.27. The van der Waals surface area contributed by atoms with Crippen molar-refractivity contribution in [3.05, 3.63) is 28.8 Å². The van der Waals surface area contributed by atoms with E-state index in [4.69, 9.17) is 15.3 Å². The molecule has 0 saturated carbocycles. The zero-order valence-electron chi connectivity index (χ0n) is 9.58. The summed E-state index contributed by atoms with van der Waals surface area (Å²) in [6, 6.07) is 7.82. The van der Waals surface area contributed by atoms with Crippen LogP contribution in [0, 0.1) is 36.5 Å². The molecule has 16 heavy (non-hydrogen) atoms. The molecule has 0 aliphatic heterocycles. The van der Waals surface area contributed by atoms with E-state index < -0.39 is 0 Å². The summed E-state index contributed by atoms with van der Waals surface area (Å²) in [5, 5.41) is 17.2. The van der Waals surface area contributed by atoms with Crippen LogP contribution in [0.4, 0.5) is 0 Å². The van der Waals surface area contributed by atoms with Crippen molar-refractivity contribution in [2.75, 3.05) is 6.61 Å². The Hall–Kier alpha value is -2.00. The van der Waals surface area contributed by atoms with Crippen LogP contribution >= 0.6 is 0 Å². The summed E-state index contributed by atoms with van der Waals surface area (Å²) in [4.78, 5) is 0. The van der Waals surface area contributed by atoms with Crippen molar-refractivity contribution in [3.63, 3.8) is 0 Å². The molecule has 0 saturated heterocycles. The Labute approximate surface area is 95.9 Å². The van der Waals surface area contributed by atoms with Gasteiger partial charge in [0.25, 0.3) is 0 Å². The Balaban J connectivity index is 2.74. The molecule has 1 aromatic rings. The highest BCUT2D eigenvalue weighted by Gasteiger charge is 2.05. The molecule has 0 unspecified atom stereocenters. The number of unbranched alkanes of at least 4 members (excludes halogenated alkanes) is 1. The van der Waals surface area contributed by atoms with E-state index >= 15 is 0 Å². The quantitative estimate of drug-likeness (QED) is 0.724. The fourth-order valence-electron chi connectivity index (χ4n) is 1.57. The smallest absolute Gasteiger partial charge is 0.125 e. The average Bonchev–Trinajstić information content (AvgIpc) is 2.26. The lowest BCUT2D eigenvalue weighted by Crippen LogP contribution is -2.00. The van der Waals surface area contributed by atoms with Crippen LogP contribution in [0.3, 0.4) is 0 Å². The molecule has 1 aromatic carbocycles. The van der Waals surface area contributed by atoms with Gasteiger partial charge in [-0.15, -0.1) is 0 Å². The molecule has 0 N–H and O–H groups in total. The molecule has 0 spiro atoms. The Kier molecular flexibility index (Phi) is 4.36. The first-order chi connectivity index (χ1) is 7.69. The lowest BCUT2D eigenvalue weighted by atomic mass is 10.1. The summed E-state index contributed by atoms with van der Waals surface area (Å²) < 4.78 is 5.61. The topological polar surface area (TPSA) is 56.8 Å². The highest BCUT2D eigenvalue weighted by Crippen LogP contribution is 2.24. The number of nitrogens with zero attached hydrogens (tertiary/aromatic N) is 2. The van der Waals surface area contributed by atoms with Gasteiger partial charge in [-0.2, -0.15) is 10.5 Å². The molecule has 0 atom stereocenters. The number of hydrogen-bond donors (Lipinski definition) is 0. The predicted molar refractivity (Wildman–Crippen MR) is 61.0 cm³/mol. The van der Waals surface area contributed by atoms with Crippen molar-refractivity contribution in [3.8, 4) is 17.9 Å². The Morgan fingerprint density at radius 1 is 1.19 bits per heavy atom. The first kappa shape index (κ1) is 12.1. The minimum atomic E-state index is 0.508. The van der Waals surface area contributed by atoms with E-state index in [0.29, 0.717) is 18.6 Å². The van der Waals surface area contributed by atoms with Crippen molar-refractivity contribution < 1.29 is 4.74 Å². The normalized spacial score (nSPS) is 9.25. The van der Waals surface area contributed by atoms with Gasteiger partial charge in [-0.3, -0.25) is 0 Å². The van der Waals surface area contributed by atoms with Gasteiger partial charge in [0, 0.05) is 6.42 Å². The summed E-state index contributed by atoms with van der Waals surface area (Å²) in [5.41, 5.74) is 2.58. The van der Waals surface area contributed by atoms with Crippen LogP contribution in [-0.2, 0) is 0 Å². The zero-order chi connectivity index (χ0) is 12.0. The van der Waals surface area contributed by atoms with E-state index in [-0.39, 0.29) is 0 Å². The molecule has 0 heterocycles. The minimum absolute atomic E-state index is 0.508. The van der Waals surface area contributed by atoms with E-state index in [1.54, 1.807) is 0 Å². The van der Waals surface area contributed by atoms with Crippen molar-refractivity contribution in [1.82, 2.24) is 0 Å². The molecule has 0 fully saturated rings. The molecule has 0 amide bonds. The maximum absolute atomic E-state index is 8.80. The molecule has 0 bridgehead atoms. The molecular formula is C13H14N2O. The molecule has 0 radical (unpaired) electrons. The van der Waals surface area contributed by atoms with Gasteiger partial charge in [0.2, 0.25) is 0 Å². The van der Waals surface area contributed by atoms with Crippen LogP contribution in [0.15, 0.2) is 12.1 Å². The fourth-order valence-corrected chi connectivity index (χ4v) is 1.57. The highest BCUT2D eigenvalue weighted by molar-refractivity contribution is 5.47. The zero-order valence-corrected chi connectivity index (χ0v) is 9.58. The average molecular weight is 214 g/mol. The molecule has 82 valence electrons. The number of hydrogen-bond acceptors (Lipinski definition) is 3. The third kappa shape index (κ3) is 3.00. The van der Waals surface area contributed by atoms with Gasteiger partial charge >= 0.3 is 0 Å².